The van der Waals surface area contributed by atoms with Crippen LogP contribution in [0.2, 0.25) is 5.02 Å². The average molecular weight is 386 g/mol. The molecule has 0 saturated carbocycles. The van der Waals surface area contributed by atoms with Crippen molar-refractivity contribution in [2.75, 3.05) is 5.32 Å². The highest BCUT2D eigenvalue weighted by Gasteiger charge is 2.18. The predicted molar refractivity (Wildman–Crippen MR) is 105 cm³/mol. The van der Waals surface area contributed by atoms with Crippen molar-refractivity contribution in [1.29, 1.82) is 0 Å². The van der Waals surface area contributed by atoms with E-state index in [4.69, 9.17) is 16.3 Å². The van der Waals surface area contributed by atoms with Crippen molar-refractivity contribution < 1.29 is 14.3 Å². The zero-order valence-corrected chi connectivity index (χ0v) is 15.6. The van der Waals surface area contributed by atoms with E-state index in [-0.39, 0.29) is 6.42 Å². The molecule has 0 saturated heterocycles. The summed E-state index contributed by atoms with van der Waals surface area (Å²) in [6.45, 7) is 1.53. The lowest BCUT2D eigenvalue weighted by molar-refractivity contribution is -0.153. The number of hydrogen-bond donors (Lipinski definition) is 2. The third-order valence-electron chi connectivity index (χ3n) is 4.16. The minimum Gasteiger partial charge on any atom is -0.453 e. The maximum atomic E-state index is 12.1. The number of halogens is 1. The van der Waals surface area contributed by atoms with Gasteiger partial charge in [-0.05, 0) is 43.5 Å². The Morgan fingerprint density at radius 1 is 1.26 bits per heavy atom. The van der Waals surface area contributed by atoms with Crippen LogP contribution >= 0.6 is 11.6 Å². The lowest BCUT2D eigenvalue weighted by Crippen LogP contribution is -2.30. The summed E-state index contributed by atoms with van der Waals surface area (Å²) in [5.41, 5.74) is 2.24. The molecular formula is C20H20ClN3O3. The molecule has 0 aliphatic rings. The molecule has 1 atom stereocenters. The number of rotatable bonds is 7. The van der Waals surface area contributed by atoms with Gasteiger partial charge in [-0.25, -0.2) is 4.98 Å². The first-order valence-electron chi connectivity index (χ1n) is 8.70. The normalized spacial score (nSPS) is 11.9. The molecule has 0 spiro atoms. The second-order valence-electron chi connectivity index (χ2n) is 6.20. The number of pyridine rings is 1. The van der Waals surface area contributed by atoms with Gasteiger partial charge < -0.3 is 15.0 Å². The van der Waals surface area contributed by atoms with Gasteiger partial charge in [-0.3, -0.25) is 9.59 Å². The van der Waals surface area contributed by atoms with Crippen LogP contribution in [0.1, 0.15) is 25.3 Å². The largest absolute Gasteiger partial charge is 0.453 e. The molecular weight excluding hydrogens is 366 g/mol. The second-order valence-corrected chi connectivity index (χ2v) is 6.63. The zero-order valence-electron chi connectivity index (χ0n) is 14.9. The Morgan fingerprint density at radius 2 is 2.07 bits per heavy atom. The summed E-state index contributed by atoms with van der Waals surface area (Å²) in [6.07, 6.45) is 4.14. The van der Waals surface area contributed by atoms with Crippen molar-refractivity contribution in [2.45, 2.75) is 32.3 Å². The monoisotopic (exact) mass is 385 g/mol. The molecule has 2 aromatic heterocycles. The summed E-state index contributed by atoms with van der Waals surface area (Å²) in [4.78, 5) is 31.3. The minimum atomic E-state index is -0.900. The summed E-state index contributed by atoms with van der Waals surface area (Å²) in [5.74, 6) is -0.483. The van der Waals surface area contributed by atoms with E-state index in [1.165, 1.54) is 13.1 Å². The zero-order chi connectivity index (χ0) is 19.2. The van der Waals surface area contributed by atoms with Crippen molar-refractivity contribution in [3.63, 3.8) is 0 Å². The molecule has 140 valence electrons. The number of amides is 1. The molecule has 2 heterocycles. The van der Waals surface area contributed by atoms with Crippen LogP contribution in [-0.2, 0) is 20.7 Å². The van der Waals surface area contributed by atoms with Crippen LogP contribution in [0, 0.1) is 0 Å². The molecule has 1 amide bonds. The molecule has 3 aromatic rings. The standard InChI is InChI=1S/C20H20ClN3O3/c1-13(20(26)24-18-10-9-15(21)12-23-18)27-19(25)8-4-5-14-11-22-17-7-3-2-6-16(14)17/h2-3,6-7,9-13,22H,4-5,8H2,1H3,(H,23,24,26)/t13-/m1/s1. The first kappa shape index (κ1) is 18.9. The van der Waals surface area contributed by atoms with Gasteiger partial charge in [-0.15, -0.1) is 0 Å². The van der Waals surface area contributed by atoms with E-state index in [1.807, 2.05) is 24.4 Å². The van der Waals surface area contributed by atoms with Gasteiger partial charge in [-0.2, -0.15) is 0 Å². The summed E-state index contributed by atoms with van der Waals surface area (Å²) in [5, 5.41) is 4.22. The number of carbonyl (C=O) groups is 2. The van der Waals surface area contributed by atoms with Gasteiger partial charge in [0.1, 0.15) is 5.82 Å². The number of nitrogens with one attached hydrogen (secondary N) is 2. The molecule has 27 heavy (non-hydrogen) atoms. The number of anilines is 1. The van der Waals surface area contributed by atoms with Crippen molar-refractivity contribution in [3.8, 4) is 0 Å². The molecule has 3 rings (SSSR count). The van der Waals surface area contributed by atoms with E-state index >= 15 is 0 Å². The highest BCUT2D eigenvalue weighted by atomic mass is 35.5. The fraction of sp³-hybridized carbons (Fsp3) is 0.250. The summed E-state index contributed by atoms with van der Waals surface area (Å²) in [6, 6.07) is 11.2. The Morgan fingerprint density at radius 3 is 2.85 bits per heavy atom. The Kier molecular flexibility index (Phi) is 6.08. The fourth-order valence-corrected chi connectivity index (χ4v) is 2.86. The van der Waals surface area contributed by atoms with Crippen molar-refractivity contribution in [2.24, 2.45) is 0 Å². The van der Waals surface area contributed by atoms with E-state index < -0.39 is 18.0 Å². The predicted octanol–water partition coefficient (Wildman–Crippen LogP) is 4.11. The Hall–Kier alpha value is -2.86. The molecule has 0 unspecified atom stereocenters. The number of carbonyl (C=O) groups excluding carboxylic acids is 2. The van der Waals surface area contributed by atoms with Gasteiger partial charge in [0.05, 0.1) is 5.02 Å². The number of aromatic amines is 1. The number of ether oxygens (including phenoxy) is 1. The number of hydrogen-bond acceptors (Lipinski definition) is 4. The van der Waals surface area contributed by atoms with Crippen LogP contribution in [0.25, 0.3) is 10.9 Å². The molecule has 7 heteroatoms. The van der Waals surface area contributed by atoms with Crippen LogP contribution in [0.4, 0.5) is 5.82 Å². The van der Waals surface area contributed by atoms with Crippen molar-refractivity contribution >= 4 is 40.2 Å². The Bertz CT molecular complexity index is 937. The first-order valence-corrected chi connectivity index (χ1v) is 9.07. The highest BCUT2D eigenvalue weighted by molar-refractivity contribution is 6.30. The van der Waals surface area contributed by atoms with Gasteiger partial charge in [-0.1, -0.05) is 29.8 Å². The number of aromatic nitrogens is 2. The van der Waals surface area contributed by atoms with Gasteiger partial charge in [0.25, 0.3) is 5.91 Å². The molecule has 0 aliphatic heterocycles. The maximum Gasteiger partial charge on any atom is 0.306 e. The lowest BCUT2D eigenvalue weighted by Gasteiger charge is -2.13. The third kappa shape index (κ3) is 5.08. The minimum absolute atomic E-state index is 0.246. The van der Waals surface area contributed by atoms with E-state index in [9.17, 15) is 9.59 Å². The molecule has 0 bridgehead atoms. The first-order chi connectivity index (χ1) is 13.0. The molecule has 0 aliphatic carbocycles. The lowest BCUT2D eigenvalue weighted by atomic mass is 10.1. The number of fused-ring (bicyclic) bond motifs is 1. The number of aryl methyl sites for hydroxylation is 1. The second kappa shape index (κ2) is 8.68. The SMILES string of the molecule is C[C@@H](OC(=O)CCCc1c[nH]c2ccccc12)C(=O)Nc1ccc(Cl)cn1. The molecule has 1 aromatic carbocycles. The number of benzene rings is 1. The Labute approximate surface area is 161 Å². The van der Waals surface area contributed by atoms with Crippen LogP contribution in [0.3, 0.4) is 0 Å². The van der Waals surface area contributed by atoms with Crippen LogP contribution in [0.5, 0.6) is 0 Å². The number of para-hydroxylation sites is 1. The van der Waals surface area contributed by atoms with E-state index in [2.05, 4.69) is 21.4 Å². The van der Waals surface area contributed by atoms with Gasteiger partial charge in [0, 0.05) is 29.7 Å². The number of esters is 1. The van der Waals surface area contributed by atoms with Gasteiger partial charge in [0.2, 0.25) is 0 Å². The van der Waals surface area contributed by atoms with Crippen molar-refractivity contribution in [3.05, 3.63) is 59.4 Å². The summed E-state index contributed by atoms with van der Waals surface area (Å²) >= 11 is 5.75. The van der Waals surface area contributed by atoms with E-state index in [1.54, 1.807) is 12.1 Å². The average Bonchev–Trinajstić information content (AvgIpc) is 3.07. The molecule has 0 radical (unpaired) electrons. The van der Waals surface area contributed by atoms with E-state index in [0.29, 0.717) is 17.3 Å². The molecule has 2 N–H and O–H groups in total. The smallest absolute Gasteiger partial charge is 0.306 e. The van der Waals surface area contributed by atoms with E-state index in [0.717, 1.165) is 22.9 Å². The third-order valence-corrected chi connectivity index (χ3v) is 4.38. The summed E-state index contributed by atoms with van der Waals surface area (Å²) in [7, 11) is 0. The van der Waals surface area contributed by atoms with Crippen LogP contribution in [0.15, 0.2) is 48.8 Å². The highest BCUT2D eigenvalue weighted by Crippen LogP contribution is 2.19. The van der Waals surface area contributed by atoms with Crippen LogP contribution < -0.4 is 5.32 Å². The van der Waals surface area contributed by atoms with Gasteiger partial charge >= 0.3 is 5.97 Å². The Balaban J connectivity index is 1.44. The molecule has 6 nitrogen and oxygen atoms in total. The fourth-order valence-electron chi connectivity index (χ4n) is 2.75. The number of nitrogens with zero attached hydrogens (tertiary/aromatic N) is 1. The van der Waals surface area contributed by atoms with Crippen molar-refractivity contribution in [1.82, 2.24) is 9.97 Å². The topological polar surface area (TPSA) is 84.1 Å². The maximum absolute atomic E-state index is 12.1. The van der Waals surface area contributed by atoms with Crippen LogP contribution in [-0.4, -0.2) is 27.9 Å². The quantitative estimate of drug-likeness (QED) is 0.599. The molecule has 0 fully saturated rings. The number of H-pyrrole nitrogens is 1. The van der Waals surface area contributed by atoms with Gasteiger partial charge in [0.15, 0.2) is 6.10 Å². The summed E-state index contributed by atoms with van der Waals surface area (Å²) < 4.78 is 5.20.